The van der Waals surface area contributed by atoms with E-state index in [9.17, 15) is 18.3 Å². The number of carbonyl (C=O) groups excluding carboxylic acids is 1. The molecule has 0 saturated heterocycles. The van der Waals surface area contributed by atoms with Crippen LogP contribution in [0.25, 0.3) is 0 Å². The number of nitrogens with zero attached hydrogens (tertiary/aromatic N) is 2. The minimum Gasteiger partial charge on any atom is -0.507 e. The zero-order valence-electron chi connectivity index (χ0n) is 17.2. The standard InChI is InChI=1S/C23H23N3O4S/c1-17(19-12-7-9-15-22(19)27)24-25-23(28)20-13-6-8-14-21(20)26(31(2,29)30)16-18-10-4-3-5-11-18/h3-15,27H,16H2,1-2H3,(H,25,28)/b24-17-. The molecular weight excluding hydrogens is 414 g/mol. The van der Waals surface area contributed by atoms with Crippen molar-refractivity contribution in [3.05, 3.63) is 95.6 Å². The van der Waals surface area contributed by atoms with Crippen LogP contribution in [0.4, 0.5) is 5.69 Å². The molecule has 0 saturated carbocycles. The smallest absolute Gasteiger partial charge is 0.273 e. The molecule has 160 valence electrons. The van der Waals surface area contributed by atoms with Crippen molar-refractivity contribution in [3.8, 4) is 5.75 Å². The predicted molar refractivity (Wildman–Crippen MR) is 122 cm³/mol. The summed E-state index contributed by atoms with van der Waals surface area (Å²) in [5.41, 5.74) is 4.55. The Balaban J connectivity index is 1.91. The van der Waals surface area contributed by atoms with Gasteiger partial charge in [-0.05, 0) is 36.8 Å². The number of rotatable bonds is 7. The number of hydrogen-bond donors (Lipinski definition) is 2. The summed E-state index contributed by atoms with van der Waals surface area (Å²) in [6.45, 7) is 1.74. The van der Waals surface area contributed by atoms with E-state index in [0.717, 1.165) is 11.8 Å². The molecule has 0 aliphatic carbocycles. The van der Waals surface area contributed by atoms with E-state index in [-0.39, 0.29) is 23.5 Å². The van der Waals surface area contributed by atoms with Crippen LogP contribution in [0.1, 0.15) is 28.4 Å². The summed E-state index contributed by atoms with van der Waals surface area (Å²) in [5, 5.41) is 14.0. The first-order chi connectivity index (χ1) is 14.8. The van der Waals surface area contributed by atoms with E-state index in [1.54, 1.807) is 49.4 Å². The van der Waals surface area contributed by atoms with E-state index in [0.29, 0.717) is 11.3 Å². The number of phenols is 1. The molecule has 0 aromatic heterocycles. The van der Waals surface area contributed by atoms with Crippen molar-refractivity contribution in [1.29, 1.82) is 0 Å². The Morgan fingerprint density at radius 2 is 1.52 bits per heavy atom. The SMILES string of the molecule is C/C(=N/NC(=O)c1ccccc1N(Cc1ccccc1)S(C)(=O)=O)c1ccccc1O. The van der Waals surface area contributed by atoms with Crippen LogP contribution < -0.4 is 9.73 Å². The number of hydrazone groups is 1. The highest BCUT2D eigenvalue weighted by Gasteiger charge is 2.23. The normalized spacial score (nSPS) is 11.7. The number of nitrogens with one attached hydrogen (secondary N) is 1. The minimum absolute atomic E-state index is 0.0458. The van der Waals surface area contributed by atoms with Crippen LogP contribution in [0.2, 0.25) is 0 Å². The molecule has 8 heteroatoms. The van der Waals surface area contributed by atoms with Crippen LogP contribution >= 0.6 is 0 Å². The molecule has 7 nitrogen and oxygen atoms in total. The molecule has 1 amide bonds. The van der Waals surface area contributed by atoms with Crippen molar-refractivity contribution in [2.75, 3.05) is 10.6 Å². The molecule has 0 radical (unpaired) electrons. The van der Waals surface area contributed by atoms with Crippen LogP contribution in [0, 0.1) is 0 Å². The first-order valence-corrected chi connectivity index (χ1v) is 11.4. The lowest BCUT2D eigenvalue weighted by atomic mass is 10.1. The Hall–Kier alpha value is -3.65. The van der Waals surface area contributed by atoms with Gasteiger partial charge in [-0.25, -0.2) is 13.8 Å². The van der Waals surface area contributed by atoms with Gasteiger partial charge >= 0.3 is 0 Å². The molecule has 0 fully saturated rings. The molecule has 0 aliphatic heterocycles. The molecule has 3 aromatic carbocycles. The third-order valence-corrected chi connectivity index (χ3v) is 5.73. The maximum Gasteiger partial charge on any atom is 0.273 e. The lowest BCUT2D eigenvalue weighted by molar-refractivity contribution is 0.0955. The third-order valence-electron chi connectivity index (χ3n) is 4.61. The largest absolute Gasteiger partial charge is 0.507 e. The Labute approximate surface area is 181 Å². The summed E-state index contributed by atoms with van der Waals surface area (Å²) in [6, 6.07) is 22.2. The van der Waals surface area contributed by atoms with Crippen molar-refractivity contribution < 1.29 is 18.3 Å². The lowest BCUT2D eigenvalue weighted by Gasteiger charge is -2.24. The van der Waals surface area contributed by atoms with Crippen LogP contribution in [-0.4, -0.2) is 31.4 Å². The minimum atomic E-state index is -3.67. The van der Waals surface area contributed by atoms with Gasteiger partial charge in [-0.2, -0.15) is 5.10 Å². The van der Waals surface area contributed by atoms with Gasteiger partial charge in [-0.15, -0.1) is 0 Å². The predicted octanol–water partition coefficient (Wildman–Crippen LogP) is 3.51. The average molecular weight is 438 g/mol. The maximum atomic E-state index is 12.9. The van der Waals surface area contributed by atoms with Crippen LogP contribution in [0.5, 0.6) is 5.75 Å². The number of anilines is 1. The number of phenolic OH excluding ortho intramolecular Hbond substituents is 1. The molecule has 0 unspecified atom stereocenters. The quantitative estimate of drug-likeness (QED) is 0.436. The van der Waals surface area contributed by atoms with Gasteiger partial charge in [0, 0.05) is 5.56 Å². The van der Waals surface area contributed by atoms with Gasteiger partial charge in [-0.3, -0.25) is 9.10 Å². The maximum absolute atomic E-state index is 12.9. The Morgan fingerprint density at radius 3 is 2.16 bits per heavy atom. The number of carbonyl (C=O) groups is 1. The van der Waals surface area contributed by atoms with Gasteiger partial charge in [0.1, 0.15) is 5.75 Å². The monoisotopic (exact) mass is 437 g/mol. The fraction of sp³-hybridized carbons (Fsp3) is 0.130. The topological polar surface area (TPSA) is 99.1 Å². The van der Waals surface area contributed by atoms with Crippen molar-refractivity contribution >= 4 is 27.3 Å². The molecule has 0 aliphatic rings. The summed E-state index contributed by atoms with van der Waals surface area (Å²) in [4.78, 5) is 12.9. The summed E-state index contributed by atoms with van der Waals surface area (Å²) in [6.07, 6.45) is 1.10. The zero-order chi connectivity index (χ0) is 22.4. The number of sulfonamides is 1. The van der Waals surface area contributed by atoms with E-state index in [1.807, 2.05) is 30.3 Å². The first kappa shape index (κ1) is 22.0. The molecule has 31 heavy (non-hydrogen) atoms. The number of hydrogen-bond acceptors (Lipinski definition) is 5. The third kappa shape index (κ3) is 5.49. The molecule has 3 aromatic rings. The number of amides is 1. The van der Waals surface area contributed by atoms with E-state index in [2.05, 4.69) is 10.5 Å². The fourth-order valence-corrected chi connectivity index (χ4v) is 3.95. The number of benzene rings is 3. The molecule has 3 rings (SSSR count). The van der Waals surface area contributed by atoms with Gasteiger partial charge in [0.05, 0.1) is 29.8 Å². The van der Waals surface area contributed by atoms with Crippen molar-refractivity contribution in [2.24, 2.45) is 5.10 Å². The highest BCUT2D eigenvalue weighted by molar-refractivity contribution is 7.92. The van der Waals surface area contributed by atoms with Gasteiger partial charge in [0.2, 0.25) is 10.0 Å². The van der Waals surface area contributed by atoms with E-state index >= 15 is 0 Å². The Morgan fingerprint density at radius 1 is 0.935 bits per heavy atom. The van der Waals surface area contributed by atoms with Crippen LogP contribution in [0.3, 0.4) is 0 Å². The van der Waals surface area contributed by atoms with E-state index < -0.39 is 15.9 Å². The van der Waals surface area contributed by atoms with Gasteiger partial charge in [-0.1, -0.05) is 54.6 Å². The van der Waals surface area contributed by atoms with Crippen molar-refractivity contribution in [3.63, 3.8) is 0 Å². The van der Waals surface area contributed by atoms with E-state index in [1.165, 1.54) is 10.4 Å². The molecule has 0 heterocycles. The summed E-state index contributed by atoms with van der Waals surface area (Å²) in [5.74, 6) is -0.517. The Bertz CT molecular complexity index is 1210. The Kier molecular flexibility index (Phi) is 6.71. The highest BCUT2D eigenvalue weighted by Crippen LogP contribution is 2.25. The van der Waals surface area contributed by atoms with Gasteiger partial charge in [0.15, 0.2) is 0 Å². The molecule has 0 atom stereocenters. The summed E-state index contributed by atoms with van der Waals surface area (Å²) >= 11 is 0. The van der Waals surface area contributed by atoms with Crippen molar-refractivity contribution in [1.82, 2.24) is 5.43 Å². The zero-order valence-corrected chi connectivity index (χ0v) is 18.0. The second kappa shape index (κ2) is 9.44. The fourth-order valence-electron chi connectivity index (χ4n) is 3.05. The number of para-hydroxylation sites is 2. The van der Waals surface area contributed by atoms with Crippen molar-refractivity contribution in [2.45, 2.75) is 13.5 Å². The molecule has 2 N–H and O–H groups in total. The van der Waals surface area contributed by atoms with Crippen LogP contribution in [-0.2, 0) is 16.6 Å². The first-order valence-electron chi connectivity index (χ1n) is 9.51. The summed E-state index contributed by atoms with van der Waals surface area (Å²) in [7, 11) is -3.67. The highest BCUT2D eigenvalue weighted by atomic mass is 32.2. The lowest BCUT2D eigenvalue weighted by Crippen LogP contribution is -2.32. The molecule has 0 spiro atoms. The van der Waals surface area contributed by atoms with Gasteiger partial charge in [0.25, 0.3) is 5.91 Å². The van der Waals surface area contributed by atoms with Crippen LogP contribution in [0.15, 0.2) is 84.0 Å². The average Bonchev–Trinajstić information content (AvgIpc) is 2.76. The second-order valence-corrected chi connectivity index (χ2v) is 8.83. The van der Waals surface area contributed by atoms with Gasteiger partial charge < -0.3 is 5.11 Å². The van der Waals surface area contributed by atoms with E-state index in [4.69, 9.17) is 0 Å². The summed E-state index contributed by atoms with van der Waals surface area (Å²) < 4.78 is 26.3. The number of aromatic hydroxyl groups is 1. The second-order valence-electron chi connectivity index (χ2n) is 6.93. The molecule has 0 bridgehead atoms. The molecular formula is C23H23N3O4S.